The van der Waals surface area contributed by atoms with Gasteiger partial charge in [0.1, 0.15) is 13.2 Å². The molecule has 0 aliphatic carbocycles. The fourth-order valence-corrected chi connectivity index (χ4v) is 3.54. The number of hydrogen-bond acceptors (Lipinski definition) is 5. The van der Waals surface area contributed by atoms with Gasteiger partial charge in [0.15, 0.2) is 22.9 Å². The molecule has 138 valence electrons. The lowest BCUT2D eigenvalue weighted by Crippen LogP contribution is -2.41. The predicted molar refractivity (Wildman–Crippen MR) is 99.3 cm³/mol. The molecular weight excluding hydrogens is 346 g/mol. The van der Waals surface area contributed by atoms with Crippen LogP contribution in [0.25, 0.3) is 0 Å². The van der Waals surface area contributed by atoms with E-state index in [9.17, 15) is 14.7 Å². The third-order valence-corrected chi connectivity index (χ3v) is 4.83. The van der Waals surface area contributed by atoms with E-state index in [-0.39, 0.29) is 18.7 Å². The zero-order valence-corrected chi connectivity index (χ0v) is 14.7. The Hall–Kier alpha value is -3.12. The average molecular weight is 365 g/mol. The second-order valence-electron chi connectivity index (χ2n) is 6.54. The molecule has 2 aliphatic heterocycles. The molecule has 2 aromatic rings. The van der Waals surface area contributed by atoms with Gasteiger partial charge < -0.3 is 19.5 Å². The van der Waals surface area contributed by atoms with Gasteiger partial charge in [-0.05, 0) is 24.3 Å². The summed E-state index contributed by atoms with van der Waals surface area (Å²) in [7, 11) is 0. The first kappa shape index (κ1) is 17.3. The number of aliphatic hydroxyl groups is 1. The van der Waals surface area contributed by atoms with E-state index in [1.54, 1.807) is 48.5 Å². The largest absolute Gasteiger partial charge is 0.486 e. The summed E-state index contributed by atoms with van der Waals surface area (Å²) in [4.78, 5) is 27.2. The highest BCUT2D eigenvalue weighted by Crippen LogP contribution is 2.43. The number of ether oxygens (including phenoxy) is 2. The quantitative estimate of drug-likeness (QED) is 0.651. The zero-order valence-electron chi connectivity index (χ0n) is 14.7. The Morgan fingerprint density at radius 2 is 1.93 bits per heavy atom. The fourth-order valence-electron chi connectivity index (χ4n) is 3.54. The van der Waals surface area contributed by atoms with Crippen molar-refractivity contribution >= 4 is 17.4 Å². The van der Waals surface area contributed by atoms with Crippen molar-refractivity contribution in [2.24, 2.45) is 0 Å². The van der Waals surface area contributed by atoms with Gasteiger partial charge >= 0.3 is 0 Å². The summed E-state index contributed by atoms with van der Waals surface area (Å²) in [5.74, 6) is 0.203. The first-order chi connectivity index (χ1) is 13.0. The van der Waals surface area contributed by atoms with Gasteiger partial charge in [-0.1, -0.05) is 24.3 Å². The van der Waals surface area contributed by atoms with Crippen LogP contribution in [0.5, 0.6) is 11.5 Å². The van der Waals surface area contributed by atoms with Gasteiger partial charge in [-0.25, -0.2) is 0 Å². The SMILES string of the molecule is C=CCN1C(=O)[C@@](O)(CC(=O)c2ccc3c(c2)OCCO3)c2ccccc21. The lowest BCUT2D eigenvalue weighted by Gasteiger charge is -2.23. The number of carbonyl (C=O) groups is 2. The van der Waals surface area contributed by atoms with Crippen LogP contribution in [0.15, 0.2) is 55.1 Å². The number of Topliss-reactive ketones (excluding diaryl/α,β-unsaturated/α-hetero) is 1. The molecule has 6 heteroatoms. The van der Waals surface area contributed by atoms with E-state index in [0.717, 1.165) is 0 Å². The van der Waals surface area contributed by atoms with Crippen molar-refractivity contribution in [2.45, 2.75) is 12.0 Å². The maximum Gasteiger partial charge on any atom is 0.264 e. The van der Waals surface area contributed by atoms with Crippen molar-refractivity contribution < 1.29 is 24.2 Å². The average Bonchev–Trinajstić information content (AvgIpc) is 2.90. The molecule has 0 bridgehead atoms. The number of carbonyl (C=O) groups excluding carboxylic acids is 2. The van der Waals surface area contributed by atoms with Crippen LogP contribution in [0.1, 0.15) is 22.3 Å². The number of hydrogen-bond donors (Lipinski definition) is 1. The van der Waals surface area contributed by atoms with Crippen molar-refractivity contribution in [1.82, 2.24) is 0 Å². The summed E-state index contributed by atoms with van der Waals surface area (Å²) in [6, 6.07) is 11.8. The normalized spacial score (nSPS) is 20.3. The summed E-state index contributed by atoms with van der Waals surface area (Å²) in [5, 5.41) is 11.2. The van der Waals surface area contributed by atoms with Gasteiger partial charge in [0, 0.05) is 17.7 Å². The molecule has 4 rings (SSSR count). The number of para-hydroxylation sites is 1. The zero-order chi connectivity index (χ0) is 19.0. The molecule has 0 spiro atoms. The van der Waals surface area contributed by atoms with Crippen LogP contribution in [0.4, 0.5) is 5.69 Å². The number of anilines is 1. The molecule has 0 saturated carbocycles. The van der Waals surface area contributed by atoms with Crippen LogP contribution < -0.4 is 14.4 Å². The minimum absolute atomic E-state index is 0.260. The summed E-state index contributed by atoms with van der Waals surface area (Å²) >= 11 is 0. The number of benzene rings is 2. The van der Waals surface area contributed by atoms with Crippen molar-refractivity contribution in [3.8, 4) is 11.5 Å². The van der Waals surface area contributed by atoms with Crippen molar-refractivity contribution in [3.05, 3.63) is 66.2 Å². The van der Waals surface area contributed by atoms with E-state index >= 15 is 0 Å². The first-order valence-electron chi connectivity index (χ1n) is 8.72. The topological polar surface area (TPSA) is 76.1 Å². The van der Waals surface area contributed by atoms with Gasteiger partial charge in [-0.2, -0.15) is 0 Å². The highest BCUT2D eigenvalue weighted by molar-refractivity contribution is 6.11. The van der Waals surface area contributed by atoms with Crippen molar-refractivity contribution in [3.63, 3.8) is 0 Å². The minimum Gasteiger partial charge on any atom is -0.486 e. The Morgan fingerprint density at radius 1 is 1.19 bits per heavy atom. The van der Waals surface area contributed by atoms with E-state index in [1.807, 2.05) is 0 Å². The monoisotopic (exact) mass is 365 g/mol. The molecule has 0 radical (unpaired) electrons. The van der Waals surface area contributed by atoms with Crippen LogP contribution in [0.2, 0.25) is 0 Å². The fraction of sp³-hybridized carbons (Fsp3) is 0.238. The van der Waals surface area contributed by atoms with Crippen LogP contribution in [0, 0.1) is 0 Å². The molecule has 2 aliphatic rings. The van der Waals surface area contributed by atoms with Crippen LogP contribution >= 0.6 is 0 Å². The molecule has 2 aromatic carbocycles. The predicted octanol–water partition coefficient (Wildman–Crippen LogP) is 2.45. The molecular formula is C21H19NO5. The lowest BCUT2D eigenvalue weighted by molar-refractivity contribution is -0.135. The summed E-state index contributed by atoms with van der Waals surface area (Å²) in [5.41, 5.74) is -0.507. The summed E-state index contributed by atoms with van der Waals surface area (Å²) < 4.78 is 11.0. The van der Waals surface area contributed by atoms with Gasteiger partial charge in [0.05, 0.1) is 12.1 Å². The number of ketones is 1. The smallest absolute Gasteiger partial charge is 0.264 e. The summed E-state index contributed by atoms with van der Waals surface area (Å²) in [6.45, 7) is 4.80. The van der Waals surface area contributed by atoms with E-state index in [0.29, 0.717) is 41.5 Å². The van der Waals surface area contributed by atoms with E-state index in [2.05, 4.69) is 6.58 Å². The Balaban J connectivity index is 1.66. The van der Waals surface area contributed by atoms with Crippen LogP contribution in [-0.4, -0.2) is 36.6 Å². The summed E-state index contributed by atoms with van der Waals surface area (Å²) in [6.07, 6.45) is 1.24. The number of fused-ring (bicyclic) bond motifs is 2. The highest BCUT2D eigenvalue weighted by Gasteiger charge is 2.50. The molecule has 27 heavy (non-hydrogen) atoms. The number of nitrogens with zero attached hydrogens (tertiary/aromatic N) is 1. The second kappa shape index (κ2) is 6.55. The highest BCUT2D eigenvalue weighted by atomic mass is 16.6. The molecule has 1 amide bonds. The van der Waals surface area contributed by atoms with Gasteiger partial charge in [-0.15, -0.1) is 6.58 Å². The first-order valence-corrected chi connectivity index (χ1v) is 8.72. The maximum atomic E-state index is 12.9. The van der Waals surface area contributed by atoms with E-state index in [1.165, 1.54) is 4.90 Å². The van der Waals surface area contributed by atoms with E-state index in [4.69, 9.17) is 9.47 Å². The van der Waals surface area contributed by atoms with E-state index < -0.39 is 11.5 Å². The maximum absolute atomic E-state index is 12.9. The van der Waals surface area contributed by atoms with Crippen LogP contribution in [0.3, 0.4) is 0 Å². The van der Waals surface area contributed by atoms with Gasteiger partial charge in [0.25, 0.3) is 5.91 Å². The van der Waals surface area contributed by atoms with Gasteiger partial charge in [0.2, 0.25) is 0 Å². The Kier molecular flexibility index (Phi) is 4.20. The molecule has 2 heterocycles. The van der Waals surface area contributed by atoms with Crippen molar-refractivity contribution in [1.29, 1.82) is 0 Å². The molecule has 6 nitrogen and oxygen atoms in total. The van der Waals surface area contributed by atoms with Crippen LogP contribution in [-0.2, 0) is 10.4 Å². The number of amides is 1. The molecule has 0 saturated heterocycles. The minimum atomic E-state index is -1.90. The molecule has 0 aromatic heterocycles. The molecule has 0 unspecified atom stereocenters. The Labute approximate surface area is 156 Å². The number of rotatable bonds is 5. The Morgan fingerprint density at radius 3 is 2.70 bits per heavy atom. The standard InChI is InChI=1S/C21H19NO5/c1-2-9-22-16-6-4-3-5-15(16)21(25,20(22)24)13-17(23)14-7-8-18-19(12-14)27-11-10-26-18/h2-8,12,25H,1,9-11,13H2/t21-/m1/s1. The third kappa shape index (κ3) is 2.78. The molecule has 0 fully saturated rings. The Bertz CT molecular complexity index is 938. The molecule has 1 N–H and O–H groups in total. The molecule has 1 atom stereocenters. The van der Waals surface area contributed by atoms with Crippen molar-refractivity contribution in [2.75, 3.05) is 24.7 Å². The van der Waals surface area contributed by atoms with Gasteiger partial charge in [-0.3, -0.25) is 9.59 Å². The third-order valence-electron chi connectivity index (χ3n) is 4.83. The second-order valence-corrected chi connectivity index (χ2v) is 6.54. The lowest BCUT2D eigenvalue weighted by atomic mass is 9.88.